The predicted molar refractivity (Wildman–Crippen MR) is 91.1 cm³/mol. The second-order valence-corrected chi connectivity index (χ2v) is 5.89. The number of nitrogens with two attached hydrogens (primary N) is 1. The van der Waals surface area contributed by atoms with Crippen LogP contribution < -0.4 is 11.1 Å². The molecule has 0 saturated heterocycles. The Kier molecular flexibility index (Phi) is 5.62. The zero-order valence-corrected chi connectivity index (χ0v) is 13.9. The van der Waals surface area contributed by atoms with Crippen LogP contribution in [0.4, 0.5) is 0 Å². The molecule has 0 unspecified atom stereocenters. The minimum Gasteiger partial charge on any atom is -0.368 e. The quantitative estimate of drug-likeness (QED) is 0.864. The first-order chi connectivity index (χ1) is 10.9. The van der Waals surface area contributed by atoms with Crippen LogP contribution in [0.25, 0.3) is 0 Å². The van der Waals surface area contributed by atoms with Crippen LogP contribution in [0, 0.1) is 11.3 Å². The molecular weight excluding hydrogens is 333 g/mol. The molecule has 2 aromatic rings. The van der Waals surface area contributed by atoms with Gasteiger partial charge in [-0.25, -0.2) is 0 Å². The molecule has 3 N–H and O–H groups in total. The molecule has 0 aliphatic rings. The van der Waals surface area contributed by atoms with E-state index in [1.165, 1.54) is 0 Å². The molecule has 0 saturated carbocycles. The highest BCUT2D eigenvalue weighted by Gasteiger charge is 2.22. The van der Waals surface area contributed by atoms with Crippen molar-refractivity contribution in [2.75, 3.05) is 0 Å². The Labute approximate surface area is 144 Å². The smallest absolute Gasteiger partial charge is 0.239 e. The maximum Gasteiger partial charge on any atom is 0.239 e. The van der Waals surface area contributed by atoms with E-state index >= 15 is 0 Å². The summed E-state index contributed by atoms with van der Waals surface area (Å²) in [7, 11) is 0. The van der Waals surface area contributed by atoms with Crippen molar-refractivity contribution in [3.63, 3.8) is 0 Å². The van der Waals surface area contributed by atoms with Crippen LogP contribution in [-0.4, -0.2) is 5.91 Å². The number of hydrogen-bond acceptors (Lipinski definition) is 3. The number of nitrogens with one attached hydrogen (secondary N) is 1. The minimum atomic E-state index is -0.701. The lowest BCUT2D eigenvalue weighted by molar-refractivity contribution is -0.120. The number of benzene rings is 2. The molecule has 23 heavy (non-hydrogen) atoms. The number of carbonyl (C=O) groups excluding carboxylic acids is 1. The van der Waals surface area contributed by atoms with Crippen molar-refractivity contribution in [3.8, 4) is 6.07 Å². The Morgan fingerprint density at radius 1 is 1.22 bits per heavy atom. The van der Waals surface area contributed by atoms with Crippen LogP contribution in [0.5, 0.6) is 0 Å². The molecule has 2 rings (SSSR count). The molecule has 0 bridgehead atoms. The van der Waals surface area contributed by atoms with Crippen molar-refractivity contribution in [1.29, 1.82) is 5.26 Å². The predicted octanol–water partition coefficient (Wildman–Crippen LogP) is 3.74. The summed E-state index contributed by atoms with van der Waals surface area (Å²) in [5, 5.41) is 12.9. The van der Waals surface area contributed by atoms with Crippen LogP contribution >= 0.6 is 23.2 Å². The molecular formula is C17H15Cl2N3O. The first-order valence-electron chi connectivity index (χ1n) is 6.93. The molecule has 0 radical (unpaired) electrons. The van der Waals surface area contributed by atoms with Gasteiger partial charge in [0.25, 0.3) is 0 Å². The Morgan fingerprint density at radius 3 is 2.43 bits per heavy atom. The van der Waals surface area contributed by atoms with Gasteiger partial charge in [0.2, 0.25) is 5.91 Å². The number of nitrogens with zero attached hydrogens (tertiary/aromatic N) is 1. The average Bonchev–Trinajstić information content (AvgIpc) is 2.55. The Balaban J connectivity index is 2.27. The van der Waals surface area contributed by atoms with Gasteiger partial charge in [-0.15, -0.1) is 0 Å². The second-order valence-electron chi connectivity index (χ2n) is 5.10. The molecule has 2 aromatic carbocycles. The van der Waals surface area contributed by atoms with Gasteiger partial charge in [-0.3, -0.25) is 10.1 Å². The van der Waals surface area contributed by atoms with Crippen LogP contribution in [0.2, 0.25) is 10.0 Å². The molecule has 0 heterocycles. The van der Waals surface area contributed by atoms with E-state index in [-0.39, 0.29) is 6.04 Å². The summed E-state index contributed by atoms with van der Waals surface area (Å²) < 4.78 is 0. The van der Waals surface area contributed by atoms with E-state index in [0.29, 0.717) is 21.2 Å². The lowest BCUT2D eigenvalue weighted by atomic mass is 10.0. The molecule has 6 heteroatoms. The summed E-state index contributed by atoms with van der Waals surface area (Å²) in [6, 6.07) is 13.1. The standard InChI is InChI=1S/C17H15Cl2N3O/c1-10(13-3-2-4-14(18)15(13)19)22-16(17(21)23)12-7-5-11(9-20)6-8-12/h2-8,10,16,22H,1H3,(H2,21,23)/t10-,16-/m0/s1. The van der Waals surface area contributed by atoms with Crippen molar-refractivity contribution in [3.05, 3.63) is 69.2 Å². The molecule has 0 aromatic heterocycles. The first kappa shape index (κ1) is 17.3. The van der Waals surface area contributed by atoms with Gasteiger partial charge in [-0.2, -0.15) is 5.26 Å². The van der Waals surface area contributed by atoms with Gasteiger partial charge in [-0.1, -0.05) is 47.5 Å². The fourth-order valence-electron chi connectivity index (χ4n) is 2.29. The van der Waals surface area contributed by atoms with Crippen molar-refractivity contribution in [2.45, 2.75) is 19.0 Å². The molecule has 0 aliphatic carbocycles. The van der Waals surface area contributed by atoms with Gasteiger partial charge in [0.05, 0.1) is 21.7 Å². The highest BCUT2D eigenvalue weighted by atomic mass is 35.5. The second kappa shape index (κ2) is 7.47. The SMILES string of the molecule is C[C@H](N[C@H](C(N)=O)c1ccc(C#N)cc1)c1cccc(Cl)c1Cl. The van der Waals surface area contributed by atoms with Crippen LogP contribution in [0.3, 0.4) is 0 Å². The molecule has 0 fully saturated rings. The number of halogens is 2. The number of nitriles is 1. The summed E-state index contributed by atoms with van der Waals surface area (Å²) in [4.78, 5) is 11.8. The van der Waals surface area contributed by atoms with Gasteiger partial charge < -0.3 is 5.73 Å². The topological polar surface area (TPSA) is 78.9 Å². The Morgan fingerprint density at radius 2 is 1.87 bits per heavy atom. The number of carbonyl (C=O) groups is 1. The fraction of sp³-hybridized carbons (Fsp3) is 0.176. The number of amides is 1. The largest absolute Gasteiger partial charge is 0.368 e. The van der Waals surface area contributed by atoms with Crippen molar-refractivity contribution < 1.29 is 4.79 Å². The van der Waals surface area contributed by atoms with Gasteiger partial charge in [0.15, 0.2) is 0 Å². The van der Waals surface area contributed by atoms with Crippen LogP contribution in [-0.2, 0) is 4.79 Å². The van der Waals surface area contributed by atoms with E-state index in [9.17, 15) is 4.79 Å². The summed E-state index contributed by atoms with van der Waals surface area (Å²) >= 11 is 12.2. The fourth-order valence-corrected chi connectivity index (χ4v) is 2.76. The Hall–Kier alpha value is -2.06. The maximum absolute atomic E-state index is 11.8. The molecule has 118 valence electrons. The molecule has 0 spiro atoms. The lowest BCUT2D eigenvalue weighted by Gasteiger charge is -2.22. The maximum atomic E-state index is 11.8. The summed E-state index contributed by atoms with van der Waals surface area (Å²) in [5.41, 5.74) is 7.48. The van der Waals surface area contributed by atoms with E-state index < -0.39 is 11.9 Å². The summed E-state index contributed by atoms with van der Waals surface area (Å²) in [5.74, 6) is -0.514. The molecule has 4 nitrogen and oxygen atoms in total. The Bertz CT molecular complexity index is 753. The van der Waals surface area contributed by atoms with Gasteiger partial charge in [-0.05, 0) is 36.2 Å². The highest BCUT2D eigenvalue weighted by Crippen LogP contribution is 2.31. The number of hydrogen-bond donors (Lipinski definition) is 2. The summed E-state index contributed by atoms with van der Waals surface area (Å²) in [6.45, 7) is 1.87. The van der Waals surface area contributed by atoms with Gasteiger partial charge >= 0.3 is 0 Å². The van der Waals surface area contributed by atoms with E-state index in [1.807, 2.05) is 19.1 Å². The van der Waals surface area contributed by atoms with E-state index in [1.54, 1.807) is 36.4 Å². The third kappa shape index (κ3) is 4.02. The zero-order valence-electron chi connectivity index (χ0n) is 12.4. The minimum absolute atomic E-state index is 0.241. The van der Waals surface area contributed by atoms with Crippen LogP contribution in [0.15, 0.2) is 42.5 Å². The van der Waals surface area contributed by atoms with Crippen molar-refractivity contribution in [1.82, 2.24) is 5.32 Å². The number of rotatable bonds is 5. The first-order valence-corrected chi connectivity index (χ1v) is 7.69. The highest BCUT2D eigenvalue weighted by molar-refractivity contribution is 6.42. The third-order valence-corrected chi connectivity index (χ3v) is 4.36. The molecule has 2 atom stereocenters. The van der Waals surface area contributed by atoms with Gasteiger partial charge in [0.1, 0.15) is 6.04 Å². The molecule has 1 amide bonds. The van der Waals surface area contributed by atoms with E-state index in [4.69, 9.17) is 34.2 Å². The average molecular weight is 348 g/mol. The van der Waals surface area contributed by atoms with Gasteiger partial charge in [0, 0.05) is 6.04 Å². The van der Waals surface area contributed by atoms with Crippen molar-refractivity contribution >= 4 is 29.1 Å². The van der Waals surface area contributed by atoms with E-state index in [0.717, 1.165) is 5.56 Å². The van der Waals surface area contributed by atoms with Crippen molar-refractivity contribution in [2.24, 2.45) is 5.73 Å². The lowest BCUT2D eigenvalue weighted by Crippen LogP contribution is -2.35. The summed E-state index contributed by atoms with van der Waals surface area (Å²) in [6.07, 6.45) is 0. The number of primary amides is 1. The normalized spacial score (nSPS) is 13.1. The zero-order chi connectivity index (χ0) is 17.0. The van der Waals surface area contributed by atoms with Crippen LogP contribution in [0.1, 0.15) is 35.7 Å². The monoisotopic (exact) mass is 347 g/mol. The molecule has 0 aliphatic heterocycles. The third-order valence-electron chi connectivity index (χ3n) is 3.52. The van der Waals surface area contributed by atoms with E-state index in [2.05, 4.69) is 5.32 Å².